The van der Waals surface area contributed by atoms with Gasteiger partial charge in [0.15, 0.2) is 0 Å². The number of hydrogen-bond donors (Lipinski definition) is 1. The third-order valence-electron chi connectivity index (χ3n) is 4.77. The lowest BCUT2D eigenvalue weighted by Crippen LogP contribution is -2.42. The maximum Gasteiger partial charge on any atom is 0.0473 e. The summed E-state index contributed by atoms with van der Waals surface area (Å²) in [6.07, 6.45) is 6.55. The molecule has 2 N–H and O–H groups in total. The predicted molar refractivity (Wildman–Crippen MR) is 91.4 cm³/mol. The number of nitrogens with two attached hydrogens (primary N) is 1. The molecule has 1 unspecified atom stereocenters. The third kappa shape index (κ3) is 4.31. The Labute approximate surface area is 130 Å². The number of benzene rings is 1. The Morgan fingerprint density at radius 3 is 2.24 bits per heavy atom. The van der Waals surface area contributed by atoms with E-state index in [0.717, 1.165) is 19.0 Å². The van der Waals surface area contributed by atoms with Gasteiger partial charge in [0.05, 0.1) is 0 Å². The van der Waals surface area contributed by atoms with Crippen LogP contribution in [-0.4, -0.2) is 24.0 Å². The van der Waals surface area contributed by atoms with Crippen LogP contribution in [0.5, 0.6) is 0 Å². The Morgan fingerprint density at radius 1 is 1.14 bits per heavy atom. The van der Waals surface area contributed by atoms with Crippen molar-refractivity contribution in [1.82, 2.24) is 4.90 Å². The number of nitrogens with zero attached hydrogens (tertiary/aromatic N) is 1. The van der Waals surface area contributed by atoms with Crippen LogP contribution in [0.3, 0.4) is 0 Å². The summed E-state index contributed by atoms with van der Waals surface area (Å²) in [7, 11) is 0. The molecule has 0 heterocycles. The molecule has 2 nitrogen and oxygen atoms in total. The molecular formula is C19H32N2. The van der Waals surface area contributed by atoms with Crippen molar-refractivity contribution in [1.29, 1.82) is 0 Å². The largest absolute Gasteiger partial charge is 0.329 e. The van der Waals surface area contributed by atoms with Crippen LogP contribution in [0.2, 0.25) is 0 Å². The molecule has 0 aliphatic heterocycles. The van der Waals surface area contributed by atoms with Gasteiger partial charge in [-0.05, 0) is 36.3 Å². The van der Waals surface area contributed by atoms with Gasteiger partial charge in [-0.3, -0.25) is 4.90 Å². The van der Waals surface area contributed by atoms with Crippen LogP contribution in [-0.2, 0) is 6.42 Å². The van der Waals surface area contributed by atoms with Crippen molar-refractivity contribution in [2.75, 3.05) is 13.1 Å². The monoisotopic (exact) mass is 288 g/mol. The maximum atomic E-state index is 6.18. The molecule has 0 saturated heterocycles. The molecule has 0 aromatic heterocycles. The molecule has 0 bridgehead atoms. The Kier molecular flexibility index (Phi) is 6.25. The normalized spacial score (nSPS) is 17.8. The average molecular weight is 288 g/mol. The van der Waals surface area contributed by atoms with E-state index >= 15 is 0 Å². The Hall–Kier alpha value is -0.860. The first-order valence-corrected chi connectivity index (χ1v) is 8.70. The maximum absolute atomic E-state index is 6.18. The molecule has 0 radical (unpaired) electrons. The SMILES string of the molecule is CCc1ccc(C(CN)N(CC(C)C)C2CCCC2)cc1. The summed E-state index contributed by atoms with van der Waals surface area (Å²) in [5.74, 6) is 0.689. The topological polar surface area (TPSA) is 29.3 Å². The Bertz CT molecular complexity index is 404. The number of aryl methyl sites for hydroxylation is 1. The minimum atomic E-state index is 0.376. The highest BCUT2D eigenvalue weighted by molar-refractivity contribution is 5.25. The van der Waals surface area contributed by atoms with Gasteiger partial charge >= 0.3 is 0 Å². The molecule has 1 aromatic rings. The van der Waals surface area contributed by atoms with E-state index in [1.165, 1.54) is 36.8 Å². The van der Waals surface area contributed by atoms with Crippen LogP contribution in [0.15, 0.2) is 24.3 Å². The third-order valence-corrected chi connectivity index (χ3v) is 4.77. The molecule has 1 aliphatic rings. The van der Waals surface area contributed by atoms with Crippen LogP contribution in [0, 0.1) is 5.92 Å². The highest BCUT2D eigenvalue weighted by Crippen LogP contribution is 2.31. The fourth-order valence-corrected chi connectivity index (χ4v) is 3.63. The van der Waals surface area contributed by atoms with E-state index in [-0.39, 0.29) is 0 Å². The second-order valence-electron chi connectivity index (χ2n) is 6.88. The van der Waals surface area contributed by atoms with E-state index < -0.39 is 0 Å². The second kappa shape index (κ2) is 7.95. The van der Waals surface area contributed by atoms with Crippen molar-refractivity contribution in [3.05, 3.63) is 35.4 Å². The van der Waals surface area contributed by atoms with Crippen LogP contribution in [0.4, 0.5) is 0 Å². The molecule has 2 rings (SSSR count). The van der Waals surface area contributed by atoms with Crippen molar-refractivity contribution in [2.45, 2.75) is 65.0 Å². The van der Waals surface area contributed by atoms with Crippen molar-refractivity contribution in [2.24, 2.45) is 11.7 Å². The zero-order valence-corrected chi connectivity index (χ0v) is 14.0. The molecular weight excluding hydrogens is 256 g/mol. The fraction of sp³-hybridized carbons (Fsp3) is 0.684. The molecule has 1 aliphatic carbocycles. The molecule has 0 amide bonds. The fourth-order valence-electron chi connectivity index (χ4n) is 3.63. The summed E-state index contributed by atoms with van der Waals surface area (Å²) in [4.78, 5) is 2.69. The molecule has 1 atom stereocenters. The first-order chi connectivity index (χ1) is 10.2. The standard InChI is InChI=1S/C19H32N2/c1-4-16-9-11-17(12-10-16)19(13-20)21(14-15(2)3)18-7-5-6-8-18/h9-12,15,18-19H,4-8,13-14,20H2,1-3H3. The van der Waals surface area contributed by atoms with Crippen molar-refractivity contribution in [3.8, 4) is 0 Å². The number of hydrogen-bond acceptors (Lipinski definition) is 2. The quantitative estimate of drug-likeness (QED) is 0.816. The van der Waals surface area contributed by atoms with Gasteiger partial charge in [-0.2, -0.15) is 0 Å². The van der Waals surface area contributed by atoms with E-state index in [2.05, 4.69) is 49.9 Å². The van der Waals surface area contributed by atoms with Crippen molar-refractivity contribution < 1.29 is 0 Å². The Balaban J connectivity index is 2.20. The molecule has 1 saturated carbocycles. The van der Waals surface area contributed by atoms with Gasteiger partial charge in [0.1, 0.15) is 0 Å². The summed E-state index contributed by atoms with van der Waals surface area (Å²) >= 11 is 0. The highest BCUT2D eigenvalue weighted by atomic mass is 15.2. The van der Waals surface area contributed by atoms with Crippen molar-refractivity contribution >= 4 is 0 Å². The summed E-state index contributed by atoms with van der Waals surface area (Å²) in [5, 5.41) is 0. The van der Waals surface area contributed by atoms with Gasteiger partial charge < -0.3 is 5.73 Å². The summed E-state index contributed by atoms with van der Waals surface area (Å²) in [6, 6.07) is 10.2. The van der Waals surface area contributed by atoms with Crippen molar-refractivity contribution in [3.63, 3.8) is 0 Å². The first-order valence-electron chi connectivity index (χ1n) is 8.70. The Morgan fingerprint density at radius 2 is 1.76 bits per heavy atom. The van der Waals surface area contributed by atoms with E-state index in [9.17, 15) is 0 Å². The van der Waals surface area contributed by atoms with Gasteiger partial charge in [0.2, 0.25) is 0 Å². The van der Waals surface area contributed by atoms with Crippen LogP contribution < -0.4 is 5.73 Å². The van der Waals surface area contributed by atoms with E-state index in [1.807, 2.05) is 0 Å². The molecule has 1 aromatic carbocycles. The lowest BCUT2D eigenvalue weighted by atomic mass is 9.99. The molecule has 21 heavy (non-hydrogen) atoms. The highest BCUT2D eigenvalue weighted by Gasteiger charge is 2.29. The second-order valence-corrected chi connectivity index (χ2v) is 6.88. The van der Waals surface area contributed by atoms with E-state index in [1.54, 1.807) is 0 Å². The van der Waals surface area contributed by atoms with Crippen LogP contribution in [0.1, 0.15) is 63.6 Å². The average Bonchev–Trinajstić information content (AvgIpc) is 3.01. The lowest BCUT2D eigenvalue weighted by molar-refractivity contribution is 0.121. The summed E-state index contributed by atoms with van der Waals surface area (Å²) in [6.45, 7) is 8.71. The summed E-state index contributed by atoms with van der Waals surface area (Å²) in [5.41, 5.74) is 8.98. The lowest BCUT2D eigenvalue weighted by Gasteiger charge is -2.37. The van der Waals surface area contributed by atoms with E-state index in [0.29, 0.717) is 18.5 Å². The predicted octanol–water partition coefficient (Wildman–Crippen LogP) is 4.15. The first kappa shape index (κ1) is 16.5. The molecule has 2 heteroatoms. The smallest absolute Gasteiger partial charge is 0.0473 e. The zero-order valence-electron chi connectivity index (χ0n) is 14.0. The van der Waals surface area contributed by atoms with Gasteiger partial charge in [0, 0.05) is 25.2 Å². The van der Waals surface area contributed by atoms with Gasteiger partial charge in [-0.25, -0.2) is 0 Å². The molecule has 118 valence electrons. The summed E-state index contributed by atoms with van der Waals surface area (Å²) < 4.78 is 0. The number of rotatable bonds is 7. The minimum Gasteiger partial charge on any atom is -0.329 e. The van der Waals surface area contributed by atoms with Crippen LogP contribution in [0.25, 0.3) is 0 Å². The molecule has 1 fully saturated rings. The van der Waals surface area contributed by atoms with Crippen LogP contribution >= 0.6 is 0 Å². The van der Waals surface area contributed by atoms with Gasteiger partial charge in [-0.15, -0.1) is 0 Å². The van der Waals surface area contributed by atoms with Gasteiger partial charge in [-0.1, -0.05) is 57.9 Å². The minimum absolute atomic E-state index is 0.376. The van der Waals surface area contributed by atoms with Gasteiger partial charge in [0.25, 0.3) is 0 Å². The van der Waals surface area contributed by atoms with E-state index in [4.69, 9.17) is 5.73 Å². The zero-order chi connectivity index (χ0) is 15.2. The molecule has 0 spiro atoms.